The van der Waals surface area contributed by atoms with Crippen LogP contribution in [0, 0.1) is 0 Å². The Morgan fingerprint density at radius 3 is 2.31 bits per heavy atom. The molecule has 2 atom stereocenters. The molecule has 0 fully saturated rings. The highest BCUT2D eigenvalue weighted by Gasteiger charge is 2.56. The van der Waals surface area contributed by atoms with Crippen LogP contribution in [0.5, 0.6) is 0 Å². The molecule has 10 nitrogen and oxygen atoms in total. The van der Waals surface area contributed by atoms with E-state index in [1.165, 1.54) is 0 Å². The molecule has 1 aromatic rings. The van der Waals surface area contributed by atoms with Crippen molar-refractivity contribution in [2.75, 3.05) is 0 Å². The van der Waals surface area contributed by atoms with Gasteiger partial charge in [0.25, 0.3) is 5.08 Å². The molecule has 0 aliphatic heterocycles. The minimum atomic E-state index is -5.68. The summed E-state index contributed by atoms with van der Waals surface area (Å²) in [6.07, 6.45) is 2.07. The van der Waals surface area contributed by atoms with Crippen molar-refractivity contribution in [1.29, 1.82) is 0 Å². The lowest BCUT2D eigenvalue weighted by Gasteiger charge is -2.34. The van der Waals surface area contributed by atoms with Crippen molar-refractivity contribution in [1.82, 2.24) is 10.1 Å². The van der Waals surface area contributed by atoms with Crippen LogP contribution >= 0.6 is 15.2 Å². The fourth-order valence-corrected chi connectivity index (χ4v) is 2.90. The summed E-state index contributed by atoms with van der Waals surface area (Å²) >= 11 is 0. The first-order valence-corrected chi connectivity index (χ1v) is 6.97. The van der Waals surface area contributed by atoms with Gasteiger partial charge >= 0.3 is 13.9 Å². The molecule has 1 heterocycles. The zero-order chi connectivity index (χ0) is 12.6. The molecule has 0 spiro atoms. The third kappa shape index (κ3) is 2.38. The largest absolute Gasteiger partial charge is 0.776 e. The van der Waals surface area contributed by atoms with E-state index in [9.17, 15) is 19.1 Å². The molecular weight excluding hydrogens is 264 g/mol. The maximum atomic E-state index is 10.9. The zero-order valence-electron chi connectivity index (χ0n) is 7.66. The van der Waals surface area contributed by atoms with Gasteiger partial charge < -0.3 is 29.2 Å². The van der Waals surface area contributed by atoms with Crippen LogP contribution in [0.2, 0.25) is 0 Å². The SMILES string of the molecule is O=P([O-])(O)[C@](O)(C[n+]1cnc[nH]1)P(=O)(O)O. The number of H-pyrrole nitrogens is 1. The molecule has 0 aliphatic carbocycles. The van der Waals surface area contributed by atoms with Crippen LogP contribution in [-0.2, 0) is 15.7 Å². The van der Waals surface area contributed by atoms with Gasteiger partial charge in [-0.15, -0.1) is 0 Å². The van der Waals surface area contributed by atoms with Crippen LogP contribution in [0.3, 0.4) is 0 Å². The molecule has 0 saturated carbocycles. The Bertz CT molecular complexity index is 424. The lowest BCUT2D eigenvalue weighted by Crippen LogP contribution is -2.50. The fraction of sp³-hybridized carbons (Fsp3) is 0.500. The third-order valence-corrected chi connectivity index (χ3v) is 5.47. The standard InChI is InChI=1S/C4H9N3O7P2/c8-4(15(9,10)11,16(12,13)14)1-7-3-5-2-6-7/h2-3,8H,1H2,(H4,9,10,11,12,13,14). The molecule has 0 aromatic carbocycles. The van der Waals surface area contributed by atoms with E-state index in [0.29, 0.717) is 0 Å². The average Bonchev–Trinajstić information content (AvgIpc) is 2.52. The predicted octanol–water partition coefficient (Wildman–Crippen LogP) is -2.93. The van der Waals surface area contributed by atoms with Crippen LogP contribution in [0.4, 0.5) is 0 Å². The summed E-state index contributed by atoms with van der Waals surface area (Å²) in [7, 11) is -11.2. The zero-order valence-corrected chi connectivity index (χ0v) is 9.45. The van der Waals surface area contributed by atoms with Gasteiger partial charge in [-0.2, -0.15) is 9.78 Å². The van der Waals surface area contributed by atoms with Gasteiger partial charge in [-0.3, -0.25) is 4.57 Å². The Morgan fingerprint density at radius 2 is 2.00 bits per heavy atom. The van der Waals surface area contributed by atoms with Crippen LogP contribution in [0.15, 0.2) is 12.7 Å². The van der Waals surface area contributed by atoms with Gasteiger partial charge in [0, 0.05) is 0 Å². The van der Waals surface area contributed by atoms with Gasteiger partial charge in [0.1, 0.15) is 0 Å². The molecule has 5 N–H and O–H groups in total. The highest BCUT2D eigenvalue weighted by Crippen LogP contribution is 2.65. The number of hydrogen-bond donors (Lipinski definition) is 5. The van der Waals surface area contributed by atoms with Crippen molar-refractivity contribution >= 4 is 15.2 Å². The van der Waals surface area contributed by atoms with E-state index < -0.39 is 26.8 Å². The molecule has 1 aromatic heterocycles. The maximum Gasteiger partial charge on any atom is 0.369 e. The molecule has 0 aliphatic rings. The Morgan fingerprint density at radius 1 is 1.44 bits per heavy atom. The summed E-state index contributed by atoms with van der Waals surface area (Å²) < 4.78 is 22.5. The lowest BCUT2D eigenvalue weighted by molar-refractivity contribution is -0.757. The number of hydrogen-bond acceptors (Lipinski definition) is 5. The fourth-order valence-electron chi connectivity index (χ4n) is 0.916. The Kier molecular flexibility index (Phi) is 3.37. The molecule has 0 saturated heterocycles. The second kappa shape index (κ2) is 4.01. The van der Waals surface area contributed by atoms with Gasteiger partial charge in [-0.25, -0.2) is 0 Å². The monoisotopic (exact) mass is 273 g/mol. The van der Waals surface area contributed by atoms with Crippen molar-refractivity contribution in [3.63, 3.8) is 0 Å². The molecule has 12 heteroatoms. The quantitative estimate of drug-likeness (QED) is 0.286. The molecule has 1 unspecified atom stereocenters. The second-order valence-electron chi connectivity index (χ2n) is 2.99. The molecule has 1 rings (SSSR count). The van der Waals surface area contributed by atoms with Gasteiger partial charge in [-0.05, 0) is 4.98 Å². The average molecular weight is 273 g/mol. The summed E-state index contributed by atoms with van der Waals surface area (Å²) in [5.74, 6) is 0. The number of nitrogens with one attached hydrogen (secondary N) is 1. The Labute approximate surface area is 88.9 Å². The van der Waals surface area contributed by atoms with E-state index in [0.717, 1.165) is 17.3 Å². The summed E-state index contributed by atoms with van der Waals surface area (Å²) in [5.41, 5.74) is 0. The first-order chi connectivity index (χ1) is 7.08. The first-order valence-electron chi connectivity index (χ1n) is 3.78. The summed E-state index contributed by atoms with van der Waals surface area (Å²) in [5, 5.41) is 8.08. The van der Waals surface area contributed by atoms with Gasteiger partial charge in [0.05, 0.1) is 0 Å². The van der Waals surface area contributed by atoms with Crippen molar-refractivity contribution in [2.45, 2.75) is 11.6 Å². The number of nitrogens with zero attached hydrogens (tertiary/aromatic N) is 2. The van der Waals surface area contributed by atoms with Crippen molar-refractivity contribution in [3.05, 3.63) is 12.7 Å². The van der Waals surface area contributed by atoms with E-state index in [1.54, 1.807) is 0 Å². The molecule has 0 bridgehead atoms. The molecule has 92 valence electrons. The minimum Gasteiger partial charge on any atom is -0.776 e. The van der Waals surface area contributed by atoms with Gasteiger partial charge in [-0.1, -0.05) is 0 Å². The van der Waals surface area contributed by atoms with Gasteiger partial charge in [0.2, 0.25) is 6.33 Å². The van der Waals surface area contributed by atoms with Crippen LogP contribution in [-0.4, -0.2) is 35.0 Å². The molecule has 16 heavy (non-hydrogen) atoms. The highest BCUT2D eigenvalue weighted by atomic mass is 31.2. The van der Waals surface area contributed by atoms with E-state index >= 15 is 0 Å². The topological polar surface area (TPSA) is 171 Å². The molecule has 0 amide bonds. The third-order valence-electron chi connectivity index (χ3n) is 1.81. The van der Waals surface area contributed by atoms with Crippen molar-refractivity contribution in [2.24, 2.45) is 0 Å². The van der Waals surface area contributed by atoms with Crippen LogP contribution < -0.4 is 9.58 Å². The van der Waals surface area contributed by atoms with E-state index in [2.05, 4.69) is 10.1 Å². The van der Waals surface area contributed by atoms with E-state index in [-0.39, 0.29) is 0 Å². The predicted molar refractivity (Wildman–Crippen MR) is 45.6 cm³/mol. The van der Waals surface area contributed by atoms with Crippen molar-refractivity contribution in [3.8, 4) is 0 Å². The number of rotatable bonds is 4. The highest BCUT2D eigenvalue weighted by molar-refractivity contribution is 7.71. The lowest BCUT2D eigenvalue weighted by atomic mass is 10.7. The summed E-state index contributed by atoms with van der Waals surface area (Å²) in [4.78, 5) is 40.4. The molecular formula is C4H9N3O7P2. The smallest absolute Gasteiger partial charge is 0.369 e. The van der Waals surface area contributed by atoms with Gasteiger partial charge in [0.15, 0.2) is 14.1 Å². The maximum absolute atomic E-state index is 10.9. The Balaban J connectivity index is 3.18. The van der Waals surface area contributed by atoms with Crippen molar-refractivity contribution < 1.29 is 38.5 Å². The van der Waals surface area contributed by atoms with Crippen LogP contribution in [0.1, 0.15) is 0 Å². The normalized spacial score (nSPS) is 20.1. The molecule has 0 radical (unpaired) electrons. The Hall–Kier alpha value is -0.600. The first kappa shape index (κ1) is 13.5. The summed E-state index contributed by atoms with van der Waals surface area (Å²) in [6, 6.07) is 0. The van der Waals surface area contributed by atoms with E-state index in [4.69, 9.17) is 14.7 Å². The number of aliphatic hydroxyl groups is 1. The number of aromatic amines is 1. The second-order valence-corrected chi connectivity index (χ2v) is 6.95. The van der Waals surface area contributed by atoms with E-state index in [1.807, 2.05) is 0 Å². The number of aromatic nitrogens is 3. The van der Waals surface area contributed by atoms with Crippen LogP contribution in [0.25, 0.3) is 0 Å². The minimum absolute atomic E-state index is 0.792. The summed E-state index contributed by atoms with van der Waals surface area (Å²) in [6.45, 7) is -1.07.